The standard InChI is InChI=1S/C28H32ClN5O5/c29-20-3-1-17(2-4-20)12-30-28(36)26-27(35)21-10-18(13-34-5-7-37-8-6-34)9-19(25(21)32-33-26)11-24-22(14-39-24)23-15-38-16-31-23/h1-4,9-10,22-24,31H,5-8,11-16H2,(H,30,36)(H,32,35)/t22?,23-,24?/m0/s1. The van der Waals surface area contributed by atoms with Crippen molar-refractivity contribution in [1.29, 1.82) is 0 Å². The van der Waals surface area contributed by atoms with Gasteiger partial charge in [-0.2, -0.15) is 5.10 Å². The molecule has 3 N–H and O–H groups in total. The molecule has 3 aliphatic rings. The normalized spacial score (nSPS) is 23.6. The van der Waals surface area contributed by atoms with E-state index in [-0.39, 0.29) is 29.8 Å². The molecule has 206 valence electrons. The van der Waals surface area contributed by atoms with Gasteiger partial charge < -0.3 is 19.5 Å². The lowest BCUT2D eigenvalue weighted by Crippen LogP contribution is -2.52. The van der Waals surface area contributed by atoms with Crippen LogP contribution in [0.25, 0.3) is 10.9 Å². The van der Waals surface area contributed by atoms with Crippen molar-refractivity contribution < 1.29 is 19.0 Å². The molecule has 2 unspecified atom stereocenters. The van der Waals surface area contributed by atoms with E-state index in [2.05, 4.69) is 31.8 Å². The molecule has 39 heavy (non-hydrogen) atoms. The number of carbonyl (C=O) groups is 1. The Kier molecular flexibility index (Phi) is 7.92. The van der Waals surface area contributed by atoms with Crippen molar-refractivity contribution in [3.63, 3.8) is 0 Å². The maximum atomic E-state index is 13.6. The smallest absolute Gasteiger partial charge is 0.276 e. The number of halogens is 1. The van der Waals surface area contributed by atoms with Crippen LogP contribution in [0.15, 0.2) is 41.2 Å². The fourth-order valence-electron chi connectivity index (χ4n) is 5.49. The highest BCUT2D eigenvalue weighted by Gasteiger charge is 2.40. The summed E-state index contributed by atoms with van der Waals surface area (Å²) in [5.41, 5.74) is 2.95. The Morgan fingerprint density at radius 2 is 1.92 bits per heavy atom. The number of carbonyl (C=O) groups excluding carboxylic acids is 1. The molecule has 3 aromatic rings. The number of H-pyrrole nitrogens is 1. The molecule has 3 fully saturated rings. The van der Waals surface area contributed by atoms with Crippen LogP contribution in [0.1, 0.15) is 27.2 Å². The van der Waals surface area contributed by atoms with Gasteiger partial charge in [-0.15, -0.1) is 0 Å². The van der Waals surface area contributed by atoms with Gasteiger partial charge in [-0.05, 0) is 34.9 Å². The Hall–Kier alpha value is -2.86. The lowest BCUT2D eigenvalue weighted by atomic mass is 9.85. The zero-order valence-electron chi connectivity index (χ0n) is 21.6. The van der Waals surface area contributed by atoms with Gasteiger partial charge in [0.15, 0.2) is 5.69 Å². The number of rotatable bonds is 8. The summed E-state index contributed by atoms with van der Waals surface area (Å²) < 4.78 is 17.0. The number of aromatic amines is 1. The SMILES string of the molecule is O=C(NCc1ccc(Cl)cc1)c1n[nH]c2c(CC3OCC3[C@@H]3COCN3)cc(CN3CCOCC3)cc2c1=O. The summed E-state index contributed by atoms with van der Waals surface area (Å²) in [6.45, 7) is 5.92. The number of hydrogen-bond acceptors (Lipinski definition) is 8. The van der Waals surface area contributed by atoms with Gasteiger partial charge in [0.1, 0.15) is 0 Å². The second kappa shape index (κ2) is 11.7. The zero-order chi connectivity index (χ0) is 26.8. The highest BCUT2D eigenvalue weighted by Crippen LogP contribution is 2.31. The summed E-state index contributed by atoms with van der Waals surface area (Å²) in [7, 11) is 0. The van der Waals surface area contributed by atoms with Gasteiger partial charge in [-0.1, -0.05) is 29.8 Å². The highest BCUT2D eigenvalue weighted by molar-refractivity contribution is 6.30. The van der Waals surface area contributed by atoms with E-state index in [0.29, 0.717) is 68.0 Å². The van der Waals surface area contributed by atoms with E-state index >= 15 is 0 Å². The number of morpholine rings is 1. The van der Waals surface area contributed by atoms with Gasteiger partial charge in [0.2, 0.25) is 5.43 Å². The van der Waals surface area contributed by atoms with Crippen LogP contribution in [0.5, 0.6) is 0 Å². The number of amides is 1. The average molecular weight is 554 g/mol. The monoisotopic (exact) mass is 553 g/mol. The lowest BCUT2D eigenvalue weighted by Gasteiger charge is -2.40. The lowest BCUT2D eigenvalue weighted by molar-refractivity contribution is -0.125. The number of fused-ring (bicyclic) bond motifs is 1. The minimum absolute atomic E-state index is 0.0110. The molecule has 1 aromatic heterocycles. The summed E-state index contributed by atoms with van der Waals surface area (Å²) in [6, 6.07) is 11.5. The van der Waals surface area contributed by atoms with Crippen molar-refractivity contribution in [3.05, 3.63) is 74.0 Å². The van der Waals surface area contributed by atoms with Gasteiger partial charge >= 0.3 is 0 Å². The number of benzene rings is 2. The molecule has 0 bridgehead atoms. The summed E-state index contributed by atoms with van der Waals surface area (Å²) in [6.07, 6.45) is 0.646. The first-order valence-corrected chi connectivity index (χ1v) is 13.7. The van der Waals surface area contributed by atoms with Crippen molar-refractivity contribution in [2.24, 2.45) is 5.92 Å². The van der Waals surface area contributed by atoms with Gasteiger partial charge in [0.25, 0.3) is 5.91 Å². The van der Waals surface area contributed by atoms with Crippen molar-refractivity contribution >= 4 is 28.4 Å². The fourth-order valence-corrected chi connectivity index (χ4v) is 5.62. The maximum absolute atomic E-state index is 13.6. The Bertz CT molecular complexity index is 1390. The average Bonchev–Trinajstić information content (AvgIpc) is 3.45. The number of nitrogens with zero attached hydrogens (tertiary/aromatic N) is 2. The molecule has 3 aliphatic heterocycles. The van der Waals surface area contributed by atoms with E-state index < -0.39 is 5.91 Å². The van der Waals surface area contributed by atoms with Crippen molar-refractivity contribution in [1.82, 2.24) is 25.7 Å². The molecule has 0 saturated carbocycles. The van der Waals surface area contributed by atoms with Crippen LogP contribution < -0.4 is 16.1 Å². The second-order valence-electron chi connectivity index (χ2n) is 10.3. The van der Waals surface area contributed by atoms with Crippen molar-refractivity contribution in [2.75, 3.05) is 46.2 Å². The summed E-state index contributed by atoms with van der Waals surface area (Å²) in [5.74, 6) is -0.189. The first kappa shape index (κ1) is 26.4. The number of aromatic nitrogens is 2. The number of hydrogen-bond donors (Lipinski definition) is 3. The third-order valence-electron chi connectivity index (χ3n) is 7.77. The first-order chi connectivity index (χ1) is 19.0. The molecular weight excluding hydrogens is 522 g/mol. The Balaban J connectivity index is 1.28. The Labute approximate surface area is 230 Å². The van der Waals surface area contributed by atoms with Crippen molar-refractivity contribution in [3.8, 4) is 0 Å². The molecule has 0 spiro atoms. The molecule has 3 atom stereocenters. The minimum Gasteiger partial charge on any atom is -0.379 e. The summed E-state index contributed by atoms with van der Waals surface area (Å²) in [5, 5.41) is 14.5. The van der Waals surface area contributed by atoms with Crippen LogP contribution >= 0.6 is 11.6 Å². The quantitative estimate of drug-likeness (QED) is 0.387. The maximum Gasteiger partial charge on any atom is 0.276 e. The largest absolute Gasteiger partial charge is 0.379 e. The van der Waals surface area contributed by atoms with E-state index in [9.17, 15) is 9.59 Å². The minimum atomic E-state index is -0.525. The summed E-state index contributed by atoms with van der Waals surface area (Å²) in [4.78, 5) is 28.9. The predicted molar refractivity (Wildman–Crippen MR) is 146 cm³/mol. The number of ether oxygens (including phenoxy) is 3. The molecule has 4 heterocycles. The summed E-state index contributed by atoms with van der Waals surface area (Å²) >= 11 is 5.95. The first-order valence-electron chi connectivity index (χ1n) is 13.3. The highest BCUT2D eigenvalue weighted by atomic mass is 35.5. The molecule has 11 heteroatoms. The third kappa shape index (κ3) is 5.86. The van der Waals surface area contributed by atoms with Gasteiger partial charge in [0, 0.05) is 49.6 Å². The van der Waals surface area contributed by atoms with E-state index in [4.69, 9.17) is 25.8 Å². The van der Waals surface area contributed by atoms with Crippen LogP contribution in [-0.2, 0) is 33.7 Å². The van der Waals surface area contributed by atoms with Crippen molar-refractivity contribution in [2.45, 2.75) is 31.7 Å². The second-order valence-corrected chi connectivity index (χ2v) is 10.8. The molecule has 2 aromatic carbocycles. The Morgan fingerprint density at radius 1 is 1.10 bits per heavy atom. The topological polar surface area (TPSA) is 118 Å². The van der Waals surface area contributed by atoms with E-state index in [0.717, 1.165) is 29.8 Å². The van der Waals surface area contributed by atoms with Crippen LogP contribution in [0.4, 0.5) is 0 Å². The fraction of sp³-hybridized carbons (Fsp3) is 0.464. The van der Waals surface area contributed by atoms with Crippen LogP contribution in [-0.4, -0.2) is 79.4 Å². The molecule has 0 aliphatic carbocycles. The van der Waals surface area contributed by atoms with Crippen LogP contribution in [0.2, 0.25) is 5.02 Å². The van der Waals surface area contributed by atoms with E-state index in [1.54, 1.807) is 12.1 Å². The molecule has 10 nitrogen and oxygen atoms in total. The molecule has 1 amide bonds. The van der Waals surface area contributed by atoms with E-state index in [1.165, 1.54) is 0 Å². The zero-order valence-corrected chi connectivity index (χ0v) is 22.3. The predicted octanol–water partition coefficient (Wildman–Crippen LogP) is 1.84. The molecule has 6 rings (SSSR count). The third-order valence-corrected chi connectivity index (χ3v) is 8.03. The van der Waals surface area contributed by atoms with Gasteiger partial charge in [-0.3, -0.25) is 24.9 Å². The van der Waals surface area contributed by atoms with Crippen LogP contribution in [0.3, 0.4) is 0 Å². The molecule has 3 saturated heterocycles. The van der Waals surface area contributed by atoms with Gasteiger partial charge in [0.05, 0.1) is 50.2 Å². The van der Waals surface area contributed by atoms with E-state index in [1.807, 2.05) is 18.2 Å². The molecular formula is C28H32ClN5O5. The van der Waals surface area contributed by atoms with Gasteiger partial charge in [-0.25, -0.2) is 0 Å². The number of nitrogens with one attached hydrogen (secondary N) is 3. The van der Waals surface area contributed by atoms with Crippen LogP contribution in [0, 0.1) is 5.92 Å². The Morgan fingerprint density at radius 3 is 2.64 bits per heavy atom. The molecule has 0 radical (unpaired) electrons.